The van der Waals surface area contributed by atoms with Crippen LogP contribution in [0.5, 0.6) is 11.5 Å². The first kappa shape index (κ1) is 23.9. The average molecular weight is 483 g/mol. The highest BCUT2D eigenvalue weighted by Crippen LogP contribution is 2.36. The number of benzene rings is 2. The molecule has 0 aliphatic carbocycles. The average Bonchev–Trinajstić information content (AvgIpc) is 3.30. The maximum Gasteiger partial charge on any atom is 0.419 e. The molecule has 0 spiro atoms. The number of aryl methyl sites for hydroxylation is 1. The number of hydrogen-bond acceptors (Lipinski definition) is 6. The van der Waals surface area contributed by atoms with Gasteiger partial charge in [-0.3, -0.25) is 0 Å². The molecular formula is C23H22F5N3O3. The Bertz CT molecular complexity index is 1200. The van der Waals surface area contributed by atoms with Gasteiger partial charge >= 0.3 is 6.18 Å². The molecule has 1 aliphatic heterocycles. The van der Waals surface area contributed by atoms with Crippen LogP contribution < -0.4 is 14.8 Å². The fourth-order valence-electron chi connectivity index (χ4n) is 3.74. The van der Waals surface area contributed by atoms with Crippen molar-refractivity contribution in [3.05, 3.63) is 52.9 Å². The van der Waals surface area contributed by atoms with Gasteiger partial charge in [-0.1, -0.05) is 0 Å². The van der Waals surface area contributed by atoms with Crippen LogP contribution in [0.4, 0.5) is 27.8 Å². The van der Waals surface area contributed by atoms with E-state index < -0.39 is 35.5 Å². The van der Waals surface area contributed by atoms with E-state index in [0.717, 1.165) is 12.5 Å². The van der Waals surface area contributed by atoms with Gasteiger partial charge in [0.2, 0.25) is 0 Å². The fourth-order valence-corrected chi connectivity index (χ4v) is 3.74. The van der Waals surface area contributed by atoms with E-state index in [2.05, 4.69) is 15.3 Å². The molecule has 1 fully saturated rings. The van der Waals surface area contributed by atoms with Crippen molar-refractivity contribution in [2.45, 2.75) is 26.1 Å². The molecule has 0 bridgehead atoms. The predicted octanol–water partition coefficient (Wildman–Crippen LogP) is 5.27. The number of hydrogen-bond donors (Lipinski definition) is 1. The summed E-state index contributed by atoms with van der Waals surface area (Å²) in [7, 11) is 1.49. The van der Waals surface area contributed by atoms with Crippen molar-refractivity contribution in [1.82, 2.24) is 9.97 Å². The predicted molar refractivity (Wildman–Crippen MR) is 114 cm³/mol. The molecule has 0 amide bonds. The Labute approximate surface area is 192 Å². The molecule has 1 aromatic heterocycles. The molecule has 2 aromatic carbocycles. The summed E-state index contributed by atoms with van der Waals surface area (Å²) in [4.78, 5) is 8.66. The molecule has 1 N–H and O–H groups in total. The normalized spacial score (nSPS) is 16.1. The Morgan fingerprint density at radius 2 is 1.91 bits per heavy atom. The number of fused-ring (bicyclic) bond motifs is 1. The van der Waals surface area contributed by atoms with Gasteiger partial charge in [0.1, 0.15) is 23.3 Å². The number of anilines is 1. The van der Waals surface area contributed by atoms with Gasteiger partial charge in [-0.2, -0.15) is 13.2 Å². The van der Waals surface area contributed by atoms with Crippen LogP contribution in [0, 0.1) is 24.5 Å². The largest absolute Gasteiger partial charge is 0.493 e. The van der Waals surface area contributed by atoms with Crippen molar-refractivity contribution in [2.24, 2.45) is 5.92 Å². The van der Waals surface area contributed by atoms with Gasteiger partial charge in [0.25, 0.3) is 0 Å². The van der Waals surface area contributed by atoms with Crippen molar-refractivity contribution in [3.8, 4) is 11.5 Å². The van der Waals surface area contributed by atoms with Gasteiger partial charge in [-0.05, 0) is 31.5 Å². The number of alkyl halides is 3. The number of halogens is 5. The molecule has 2 heterocycles. The maximum atomic E-state index is 14.4. The van der Waals surface area contributed by atoms with E-state index in [0.29, 0.717) is 48.0 Å². The molecule has 6 nitrogen and oxygen atoms in total. The van der Waals surface area contributed by atoms with Crippen molar-refractivity contribution >= 4 is 16.7 Å². The second-order valence-corrected chi connectivity index (χ2v) is 7.96. The minimum absolute atomic E-state index is 0.133. The van der Waals surface area contributed by atoms with Crippen LogP contribution in [-0.2, 0) is 17.5 Å². The van der Waals surface area contributed by atoms with E-state index in [4.69, 9.17) is 14.2 Å². The van der Waals surface area contributed by atoms with Gasteiger partial charge in [-0.25, -0.2) is 18.7 Å². The summed E-state index contributed by atoms with van der Waals surface area (Å²) in [5, 5.41) is 3.30. The number of aromatic nitrogens is 2. The van der Waals surface area contributed by atoms with E-state index in [1.807, 2.05) is 0 Å². The number of nitrogens with zero attached hydrogens (tertiary/aromatic N) is 2. The van der Waals surface area contributed by atoms with Gasteiger partial charge < -0.3 is 19.5 Å². The summed E-state index contributed by atoms with van der Waals surface area (Å²) < 4.78 is 84.1. The van der Waals surface area contributed by atoms with Crippen molar-refractivity contribution in [2.75, 3.05) is 32.2 Å². The zero-order chi connectivity index (χ0) is 24.5. The van der Waals surface area contributed by atoms with Crippen LogP contribution in [0.15, 0.2) is 24.3 Å². The van der Waals surface area contributed by atoms with Crippen molar-refractivity contribution in [3.63, 3.8) is 0 Å². The molecule has 11 heteroatoms. The number of methoxy groups -OCH3 is 1. The minimum atomic E-state index is -5.02. The standard InChI is InChI=1S/C23H22F5N3O3/c1-12-30-18-8-19(32-2)20(34-11-13-3-4-33-10-13)7-16(18)22(31-12)29-9-14-5-15(24)6-17(21(14)25)23(26,27)28/h5-8,13H,3-4,9-11H2,1-2H3,(H,29,30,31). The molecule has 4 rings (SSSR count). The highest BCUT2D eigenvalue weighted by atomic mass is 19.4. The lowest BCUT2D eigenvalue weighted by Crippen LogP contribution is -2.13. The van der Waals surface area contributed by atoms with E-state index in [-0.39, 0.29) is 17.8 Å². The third-order valence-electron chi connectivity index (χ3n) is 5.46. The summed E-state index contributed by atoms with van der Waals surface area (Å²) in [6.45, 7) is 2.89. The van der Waals surface area contributed by atoms with Crippen LogP contribution in [0.3, 0.4) is 0 Å². The first-order valence-electron chi connectivity index (χ1n) is 10.5. The van der Waals surface area contributed by atoms with Gasteiger partial charge in [0, 0.05) is 36.1 Å². The molecule has 1 unspecified atom stereocenters. The lowest BCUT2D eigenvalue weighted by atomic mass is 10.1. The van der Waals surface area contributed by atoms with E-state index in [9.17, 15) is 22.0 Å². The molecule has 0 radical (unpaired) electrons. The number of nitrogens with one attached hydrogen (secondary N) is 1. The Kier molecular flexibility index (Phi) is 6.74. The van der Waals surface area contributed by atoms with Crippen LogP contribution in [-0.4, -0.2) is 36.9 Å². The summed E-state index contributed by atoms with van der Waals surface area (Å²) in [6, 6.07) is 4.15. The summed E-state index contributed by atoms with van der Waals surface area (Å²) in [6.07, 6.45) is -4.14. The third kappa shape index (κ3) is 5.14. The molecule has 0 saturated carbocycles. The Morgan fingerprint density at radius 3 is 2.59 bits per heavy atom. The van der Waals surface area contributed by atoms with Gasteiger partial charge in [0.15, 0.2) is 11.5 Å². The first-order chi connectivity index (χ1) is 16.2. The van der Waals surface area contributed by atoms with E-state index in [1.54, 1.807) is 19.1 Å². The lowest BCUT2D eigenvalue weighted by molar-refractivity contribution is -0.140. The highest BCUT2D eigenvalue weighted by Gasteiger charge is 2.35. The second kappa shape index (κ2) is 9.57. The smallest absolute Gasteiger partial charge is 0.419 e. The molecule has 182 valence electrons. The molecule has 34 heavy (non-hydrogen) atoms. The Hall–Kier alpha value is -3.21. The second-order valence-electron chi connectivity index (χ2n) is 7.96. The Balaban J connectivity index is 1.66. The first-order valence-corrected chi connectivity index (χ1v) is 10.5. The number of ether oxygens (including phenoxy) is 3. The molecular weight excluding hydrogens is 461 g/mol. The van der Waals surface area contributed by atoms with Crippen LogP contribution >= 0.6 is 0 Å². The van der Waals surface area contributed by atoms with Crippen LogP contribution in [0.25, 0.3) is 10.9 Å². The molecule has 1 aliphatic rings. The minimum Gasteiger partial charge on any atom is -0.493 e. The fraction of sp³-hybridized carbons (Fsp3) is 0.391. The van der Waals surface area contributed by atoms with Crippen molar-refractivity contribution < 1.29 is 36.2 Å². The van der Waals surface area contributed by atoms with Crippen molar-refractivity contribution in [1.29, 1.82) is 0 Å². The van der Waals surface area contributed by atoms with E-state index in [1.165, 1.54) is 7.11 Å². The number of rotatable bonds is 7. The van der Waals surface area contributed by atoms with Gasteiger partial charge in [-0.15, -0.1) is 0 Å². The van der Waals surface area contributed by atoms with Gasteiger partial charge in [0.05, 0.1) is 31.4 Å². The zero-order valence-electron chi connectivity index (χ0n) is 18.4. The van der Waals surface area contributed by atoms with Crippen LogP contribution in [0.1, 0.15) is 23.4 Å². The monoisotopic (exact) mass is 483 g/mol. The maximum absolute atomic E-state index is 14.4. The highest BCUT2D eigenvalue weighted by molar-refractivity contribution is 5.91. The summed E-state index contributed by atoms with van der Waals surface area (Å²) in [5.74, 6) is -1.02. The van der Waals surface area contributed by atoms with Crippen LogP contribution in [0.2, 0.25) is 0 Å². The Morgan fingerprint density at radius 1 is 1.12 bits per heavy atom. The quantitative estimate of drug-likeness (QED) is 0.462. The third-order valence-corrected chi connectivity index (χ3v) is 5.46. The van der Waals surface area contributed by atoms with E-state index >= 15 is 0 Å². The SMILES string of the molecule is COc1cc2nc(C)nc(NCc3cc(F)cc(C(F)(F)F)c3F)c2cc1OCC1CCOC1. The topological polar surface area (TPSA) is 65.5 Å². The lowest BCUT2D eigenvalue weighted by Gasteiger charge is -2.16. The molecule has 3 aromatic rings. The molecule has 1 atom stereocenters. The molecule has 1 saturated heterocycles. The zero-order valence-corrected chi connectivity index (χ0v) is 18.4. The summed E-state index contributed by atoms with van der Waals surface area (Å²) >= 11 is 0. The summed E-state index contributed by atoms with van der Waals surface area (Å²) in [5.41, 5.74) is -1.66.